The van der Waals surface area contributed by atoms with Gasteiger partial charge in [0, 0.05) is 26.2 Å². The van der Waals surface area contributed by atoms with Gasteiger partial charge in [-0.2, -0.15) is 0 Å². The van der Waals surface area contributed by atoms with Gasteiger partial charge >= 0.3 is 0 Å². The lowest BCUT2D eigenvalue weighted by Crippen LogP contribution is -2.44. The van der Waals surface area contributed by atoms with E-state index < -0.39 is 0 Å². The van der Waals surface area contributed by atoms with Crippen molar-refractivity contribution in [2.75, 3.05) is 50.1 Å². The maximum atomic E-state index is 12.4. The third-order valence-corrected chi connectivity index (χ3v) is 4.94. The Bertz CT molecular complexity index is 783. The predicted octanol–water partition coefficient (Wildman–Crippen LogP) is 3.46. The fourth-order valence-electron chi connectivity index (χ4n) is 3.33. The summed E-state index contributed by atoms with van der Waals surface area (Å²) in [4.78, 5) is 17.1. The molecule has 0 spiro atoms. The molecule has 144 valence electrons. The third-order valence-electron chi connectivity index (χ3n) is 4.94. The predicted molar refractivity (Wildman–Crippen MR) is 111 cm³/mol. The highest BCUT2D eigenvalue weighted by atomic mass is 16.5. The number of para-hydroxylation sites is 2. The first-order valence-corrected chi connectivity index (χ1v) is 9.55. The molecule has 1 amide bonds. The number of nitrogens with one attached hydrogen (secondary N) is 1. The van der Waals surface area contributed by atoms with Crippen LogP contribution >= 0.6 is 0 Å². The SMILES string of the molecule is Cc1ccc(OCCC(=O)Nc2ccccc2N2CCN(C)CC2)c(C)c1. The minimum atomic E-state index is -0.0265. The van der Waals surface area contributed by atoms with E-state index in [4.69, 9.17) is 4.74 Å². The normalized spacial score (nSPS) is 14.9. The van der Waals surface area contributed by atoms with Crippen LogP contribution in [0.1, 0.15) is 17.5 Å². The quantitative estimate of drug-likeness (QED) is 0.849. The van der Waals surface area contributed by atoms with Gasteiger partial charge in [0.1, 0.15) is 5.75 Å². The van der Waals surface area contributed by atoms with Gasteiger partial charge in [-0.3, -0.25) is 4.79 Å². The van der Waals surface area contributed by atoms with Gasteiger partial charge in [0.15, 0.2) is 0 Å². The molecule has 1 aliphatic heterocycles. The second kappa shape index (κ2) is 8.91. The molecule has 1 saturated heterocycles. The Hall–Kier alpha value is -2.53. The summed E-state index contributed by atoms with van der Waals surface area (Å²) < 4.78 is 5.78. The molecular weight excluding hydrogens is 338 g/mol. The van der Waals surface area contributed by atoms with Gasteiger partial charge in [0.25, 0.3) is 0 Å². The highest BCUT2D eigenvalue weighted by molar-refractivity contribution is 5.94. The molecule has 0 radical (unpaired) electrons. The van der Waals surface area contributed by atoms with E-state index in [1.54, 1.807) is 0 Å². The molecule has 0 aromatic heterocycles. The largest absolute Gasteiger partial charge is 0.493 e. The van der Waals surface area contributed by atoms with Crippen LogP contribution in [0.2, 0.25) is 0 Å². The summed E-state index contributed by atoms with van der Waals surface area (Å²) in [7, 11) is 2.14. The Morgan fingerprint density at radius 3 is 2.56 bits per heavy atom. The zero-order valence-corrected chi connectivity index (χ0v) is 16.5. The molecule has 0 unspecified atom stereocenters. The molecule has 0 aliphatic carbocycles. The molecule has 5 nitrogen and oxygen atoms in total. The van der Waals surface area contributed by atoms with Gasteiger partial charge in [-0.25, -0.2) is 0 Å². The second-order valence-corrected chi connectivity index (χ2v) is 7.22. The minimum Gasteiger partial charge on any atom is -0.493 e. The van der Waals surface area contributed by atoms with Gasteiger partial charge in [0.2, 0.25) is 5.91 Å². The van der Waals surface area contributed by atoms with Crippen LogP contribution < -0.4 is 15.0 Å². The molecule has 2 aromatic rings. The number of carbonyl (C=O) groups excluding carboxylic acids is 1. The number of aryl methyl sites for hydroxylation is 2. The lowest BCUT2D eigenvalue weighted by atomic mass is 10.1. The molecule has 0 bridgehead atoms. The zero-order valence-electron chi connectivity index (χ0n) is 16.5. The number of piperazine rings is 1. The number of amides is 1. The molecule has 2 aromatic carbocycles. The Labute approximate surface area is 161 Å². The Balaban J connectivity index is 1.55. The first-order valence-electron chi connectivity index (χ1n) is 9.55. The van der Waals surface area contributed by atoms with Gasteiger partial charge in [-0.1, -0.05) is 29.8 Å². The minimum absolute atomic E-state index is 0.0265. The van der Waals surface area contributed by atoms with Crippen molar-refractivity contribution < 1.29 is 9.53 Å². The number of benzene rings is 2. The van der Waals surface area contributed by atoms with Crippen molar-refractivity contribution in [1.82, 2.24) is 4.90 Å². The van der Waals surface area contributed by atoms with Crippen LogP contribution in [0.4, 0.5) is 11.4 Å². The van der Waals surface area contributed by atoms with Crippen LogP contribution in [-0.2, 0) is 4.79 Å². The molecule has 5 heteroatoms. The number of rotatable bonds is 6. The van der Waals surface area contributed by atoms with E-state index in [2.05, 4.69) is 41.2 Å². The Morgan fingerprint density at radius 2 is 1.81 bits per heavy atom. The first-order chi connectivity index (χ1) is 13.0. The van der Waals surface area contributed by atoms with E-state index in [0.29, 0.717) is 13.0 Å². The van der Waals surface area contributed by atoms with E-state index in [1.807, 2.05) is 37.3 Å². The van der Waals surface area contributed by atoms with Gasteiger partial charge < -0.3 is 19.9 Å². The van der Waals surface area contributed by atoms with Crippen molar-refractivity contribution in [3.8, 4) is 5.75 Å². The standard InChI is InChI=1S/C22H29N3O2/c1-17-8-9-21(18(2)16-17)27-15-10-22(26)23-19-6-4-5-7-20(19)25-13-11-24(3)12-14-25/h4-9,16H,10-15H2,1-3H3,(H,23,26). The Kier molecular flexibility index (Phi) is 6.35. The first kappa shape index (κ1) is 19.2. The van der Waals surface area contributed by atoms with E-state index in [-0.39, 0.29) is 5.91 Å². The fraction of sp³-hybridized carbons (Fsp3) is 0.409. The number of likely N-dealkylation sites (N-methyl/N-ethyl adjacent to an activating group) is 1. The molecule has 1 N–H and O–H groups in total. The molecule has 3 rings (SSSR count). The molecule has 27 heavy (non-hydrogen) atoms. The van der Waals surface area contributed by atoms with Crippen molar-refractivity contribution in [3.63, 3.8) is 0 Å². The van der Waals surface area contributed by atoms with Crippen LogP contribution in [0.25, 0.3) is 0 Å². The number of anilines is 2. The second-order valence-electron chi connectivity index (χ2n) is 7.22. The van der Waals surface area contributed by atoms with E-state index >= 15 is 0 Å². The van der Waals surface area contributed by atoms with Gasteiger partial charge in [-0.05, 0) is 44.7 Å². The van der Waals surface area contributed by atoms with Crippen molar-refractivity contribution in [3.05, 3.63) is 53.6 Å². The lowest BCUT2D eigenvalue weighted by molar-refractivity contribution is -0.116. The van der Waals surface area contributed by atoms with E-state index in [1.165, 1.54) is 5.56 Å². The summed E-state index contributed by atoms with van der Waals surface area (Å²) in [6, 6.07) is 14.1. The summed E-state index contributed by atoms with van der Waals surface area (Å²) in [5.74, 6) is 0.813. The highest BCUT2D eigenvalue weighted by Gasteiger charge is 2.17. The highest BCUT2D eigenvalue weighted by Crippen LogP contribution is 2.26. The Morgan fingerprint density at radius 1 is 1.07 bits per heavy atom. The maximum Gasteiger partial charge on any atom is 0.227 e. The number of ether oxygens (including phenoxy) is 1. The smallest absolute Gasteiger partial charge is 0.227 e. The maximum absolute atomic E-state index is 12.4. The third kappa shape index (κ3) is 5.23. The number of hydrogen-bond donors (Lipinski definition) is 1. The molecule has 1 heterocycles. The molecule has 1 fully saturated rings. The monoisotopic (exact) mass is 367 g/mol. The van der Waals surface area contributed by atoms with Crippen LogP contribution in [0.3, 0.4) is 0 Å². The fourth-order valence-corrected chi connectivity index (χ4v) is 3.33. The summed E-state index contributed by atoms with van der Waals surface area (Å²) in [6.07, 6.45) is 0.324. The molecule has 0 atom stereocenters. The summed E-state index contributed by atoms with van der Waals surface area (Å²) in [5, 5.41) is 3.05. The number of nitrogens with zero attached hydrogens (tertiary/aromatic N) is 2. The number of hydrogen-bond acceptors (Lipinski definition) is 4. The summed E-state index contributed by atoms with van der Waals surface area (Å²) in [6.45, 7) is 8.46. The van der Waals surface area contributed by atoms with Crippen LogP contribution in [0.15, 0.2) is 42.5 Å². The topological polar surface area (TPSA) is 44.8 Å². The molecule has 1 aliphatic rings. The van der Waals surface area contributed by atoms with Crippen LogP contribution in [0, 0.1) is 13.8 Å². The summed E-state index contributed by atoms with van der Waals surface area (Å²) in [5.41, 5.74) is 4.27. The van der Waals surface area contributed by atoms with Crippen LogP contribution in [0.5, 0.6) is 5.75 Å². The molecule has 0 saturated carbocycles. The van der Waals surface area contributed by atoms with E-state index in [9.17, 15) is 4.79 Å². The van der Waals surface area contributed by atoms with Crippen molar-refractivity contribution >= 4 is 17.3 Å². The van der Waals surface area contributed by atoms with Gasteiger partial charge in [-0.15, -0.1) is 0 Å². The average molecular weight is 367 g/mol. The zero-order chi connectivity index (χ0) is 19.2. The van der Waals surface area contributed by atoms with Gasteiger partial charge in [0.05, 0.1) is 24.4 Å². The van der Waals surface area contributed by atoms with Crippen molar-refractivity contribution in [1.29, 1.82) is 0 Å². The van der Waals surface area contributed by atoms with Crippen molar-refractivity contribution in [2.45, 2.75) is 20.3 Å². The number of carbonyl (C=O) groups is 1. The average Bonchev–Trinajstić information content (AvgIpc) is 2.65. The lowest BCUT2D eigenvalue weighted by Gasteiger charge is -2.35. The van der Waals surface area contributed by atoms with E-state index in [0.717, 1.165) is 48.9 Å². The van der Waals surface area contributed by atoms with Crippen molar-refractivity contribution in [2.24, 2.45) is 0 Å². The summed E-state index contributed by atoms with van der Waals surface area (Å²) >= 11 is 0. The van der Waals surface area contributed by atoms with Crippen LogP contribution in [-0.4, -0.2) is 50.6 Å². The molecular formula is C22H29N3O2.